The zero-order valence-electron chi connectivity index (χ0n) is 9.30. The third-order valence-corrected chi connectivity index (χ3v) is 3.28. The average molecular weight is 257 g/mol. The van der Waals surface area contributed by atoms with E-state index in [2.05, 4.69) is 10.6 Å². The van der Waals surface area contributed by atoms with Crippen LogP contribution in [0.15, 0.2) is 18.2 Å². The first-order valence-corrected chi connectivity index (χ1v) is 6.00. The van der Waals surface area contributed by atoms with Gasteiger partial charge in [-0.15, -0.1) is 0 Å². The lowest BCUT2D eigenvalue weighted by molar-refractivity contribution is -0.122. The minimum absolute atomic E-state index is 0.0529. The van der Waals surface area contributed by atoms with Gasteiger partial charge in [-0.25, -0.2) is 4.39 Å². The van der Waals surface area contributed by atoms with Crippen molar-refractivity contribution in [3.05, 3.63) is 34.6 Å². The van der Waals surface area contributed by atoms with Gasteiger partial charge in [0.15, 0.2) is 0 Å². The summed E-state index contributed by atoms with van der Waals surface area (Å²) in [7, 11) is 0. The van der Waals surface area contributed by atoms with E-state index in [0.717, 1.165) is 19.4 Å². The summed E-state index contributed by atoms with van der Waals surface area (Å²) in [6, 6.07) is 4.46. The first-order chi connectivity index (χ1) is 8.18. The lowest BCUT2D eigenvalue weighted by Gasteiger charge is -2.11. The predicted octanol–water partition coefficient (Wildman–Crippen LogP) is 1.85. The first kappa shape index (κ1) is 12.3. The molecule has 0 spiro atoms. The van der Waals surface area contributed by atoms with E-state index in [4.69, 9.17) is 11.6 Å². The van der Waals surface area contributed by atoms with E-state index in [-0.39, 0.29) is 23.5 Å². The van der Waals surface area contributed by atoms with Gasteiger partial charge in [-0.2, -0.15) is 0 Å². The van der Waals surface area contributed by atoms with E-state index < -0.39 is 5.82 Å². The minimum atomic E-state index is -0.461. The van der Waals surface area contributed by atoms with Gasteiger partial charge >= 0.3 is 0 Å². The third-order valence-electron chi connectivity index (χ3n) is 2.86. The smallest absolute Gasteiger partial charge is 0.237 e. The molecule has 1 aromatic carbocycles. The summed E-state index contributed by atoms with van der Waals surface area (Å²) < 4.78 is 13.1. The average Bonchev–Trinajstić information content (AvgIpc) is 2.84. The lowest BCUT2D eigenvalue weighted by atomic mass is 10.2. The molecule has 0 saturated carbocycles. The number of benzene rings is 1. The number of amides is 1. The van der Waals surface area contributed by atoms with Gasteiger partial charge in [-0.3, -0.25) is 4.79 Å². The predicted molar refractivity (Wildman–Crippen MR) is 64.3 cm³/mol. The van der Waals surface area contributed by atoms with E-state index >= 15 is 0 Å². The van der Waals surface area contributed by atoms with Gasteiger partial charge in [0, 0.05) is 6.54 Å². The summed E-state index contributed by atoms with van der Waals surface area (Å²) in [5.74, 6) is -0.514. The van der Waals surface area contributed by atoms with Crippen molar-refractivity contribution in [2.24, 2.45) is 0 Å². The number of carbonyl (C=O) groups is 1. The number of halogens is 2. The first-order valence-electron chi connectivity index (χ1n) is 5.62. The highest BCUT2D eigenvalue weighted by molar-refractivity contribution is 6.31. The normalized spacial score (nSPS) is 19.3. The molecule has 1 aromatic rings. The van der Waals surface area contributed by atoms with Crippen molar-refractivity contribution in [2.45, 2.75) is 25.4 Å². The van der Waals surface area contributed by atoms with E-state index in [9.17, 15) is 9.18 Å². The maximum atomic E-state index is 13.1. The molecule has 1 unspecified atom stereocenters. The molecule has 17 heavy (non-hydrogen) atoms. The van der Waals surface area contributed by atoms with Crippen LogP contribution in [0.5, 0.6) is 0 Å². The zero-order valence-corrected chi connectivity index (χ0v) is 10.1. The fourth-order valence-corrected chi connectivity index (χ4v) is 2.09. The molecule has 1 aliphatic rings. The second-order valence-electron chi connectivity index (χ2n) is 4.08. The number of hydrogen-bond acceptors (Lipinski definition) is 2. The Hall–Kier alpha value is -1.13. The summed E-state index contributed by atoms with van der Waals surface area (Å²) in [4.78, 5) is 11.7. The van der Waals surface area contributed by atoms with Crippen LogP contribution < -0.4 is 10.6 Å². The largest absolute Gasteiger partial charge is 0.351 e. The number of hydrogen-bond donors (Lipinski definition) is 2. The van der Waals surface area contributed by atoms with Gasteiger partial charge in [0.1, 0.15) is 5.82 Å². The second kappa shape index (κ2) is 5.47. The Morgan fingerprint density at radius 2 is 2.41 bits per heavy atom. The molecular weight excluding hydrogens is 243 g/mol. The van der Waals surface area contributed by atoms with Crippen molar-refractivity contribution in [3.8, 4) is 0 Å². The topological polar surface area (TPSA) is 41.1 Å². The Labute approximate surface area is 104 Å². The van der Waals surface area contributed by atoms with E-state index in [1.165, 1.54) is 6.07 Å². The van der Waals surface area contributed by atoms with Crippen molar-refractivity contribution in [3.63, 3.8) is 0 Å². The highest BCUT2D eigenvalue weighted by Crippen LogP contribution is 2.19. The van der Waals surface area contributed by atoms with E-state index in [0.29, 0.717) is 5.56 Å². The van der Waals surface area contributed by atoms with Crippen molar-refractivity contribution in [1.29, 1.82) is 0 Å². The van der Waals surface area contributed by atoms with Gasteiger partial charge in [-0.1, -0.05) is 23.7 Å². The second-order valence-corrected chi connectivity index (χ2v) is 4.46. The Morgan fingerprint density at radius 1 is 1.59 bits per heavy atom. The Bertz CT molecular complexity index is 419. The highest BCUT2D eigenvalue weighted by Gasteiger charge is 2.21. The molecule has 2 N–H and O–H groups in total. The molecule has 92 valence electrons. The van der Waals surface area contributed by atoms with Crippen molar-refractivity contribution < 1.29 is 9.18 Å². The SMILES string of the molecule is O=C(NCc1cccc(F)c1Cl)C1CCCN1. The quantitative estimate of drug-likeness (QED) is 0.867. The molecule has 1 fully saturated rings. The molecule has 0 radical (unpaired) electrons. The standard InChI is InChI=1S/C12H14ClFN2O/c13-11-8(3-1-4-9(11)14)7-16-12(17)10-5-2-6-15-10/h1,3-4,10,15H,2,5-7H2,(H,16,17). The molecule has 1 atom stereocenters. The fraction of sp³-hybridized carbons (Fsp3) is 0.417. The molecule has 1 heterocycles. The van der Waals surface area contributed by atoms with E-state index in [1.807, 2.05) is 0 Å². The van der Waals surface area contributed by atoms with Crippen molar-refractivity contribution >= 4 is 17.5 Å². The molecule has 0 aliphatic carbocycles. The van der Waals surface area contributed by atoms with Crippen molar-refractivity contribution in [1.82, 2.24) is 10.6 Å². The van der Waals surface area contributed by atoms with Crippen LogP contribution in [0.3, 0.4) is 0 Å². The Kier molecular flexibility index (Phi) is 3.97. The molecular formula is C12H14ClFN2O. The van der Waals surface area contributed by atoms with E-state index in [1.54, 1.807) is 12.1 Å². The molecule has 2 rings (SSSR count). The lowest BCUT2D eigenvalue weighted by Crippen LogP contribution is -2.40. The van der Waals surface area contributed by atoms with Crippen LogP contribution >= 0.6 is 11.6 Å². The summed E-state index contributed by atoms with van der Waals surface area (Å²) in [5, 5.41) is 5.93. The maximum absolute atomic E-state index is 13.1. The fourth-order valence-electron chi connectivity index (χ4n) is 1.90. The molecule has 1 amide bonds. The summed E-state index contributed by atoms with van der Waals surface area (Å²) in [6.07, 6.45) is 1.86. The molecule has 0 aromatic heterocycles. The maximum Gasteiger partial charge on any atom is 0.237 e. The molecule has 3 nitrogen and oxygen atoms in total. The van der Waals surface area contributed by atoms with Crippen LogP contribution in [0.1, 0.15) is 18.4 Å². The molecule has 1 saturated heterocycles. The number of nitrogens with one attached hydrogen (secondary N) is 2. The Morgan fingerprint density at radius 3 is 3.12 bits per heavy atom. The highest BCUT2D eigenvalue weighted by atomic mass is 35.5. The minimum Gasteiger partial charge on any atom is -0.351 e. The van der Waals surface area contributed by atoms with Crippen LogP contribution in [0.4, 0.5) is 4.39 Å². The number of carbonyl (C=O) groups excluding carboxylic acids is 1. The molecule has 0 bridgehead atoms. The van der Waals surface area contributed by atoms with Crippen LogP contribution in [0, 0.1) is 5.82 Å². The third kappa shape index (κ3) is 2.96. The van der Waals surface area contributed by atoms with Gasteiger partial charge < -0.3 is 10.6 Å². The van der Waals surface area contributed by atoms with Gasteiger partial charge in [-0.05, 0) is 31.0 Å². The number of rotatable bonds is 3. The summed E-state index contributed by atoms with van der Waals surface area (Å²) in [6.45, 7) is 1.13. The monoisotopic (exact) mass is 256 g/mol. The summed E-state index contributed by atoms with van der Waals surface area (Å²) >= 11 is 5.79. The molecule has 5 heteroatoms. The molecule has 1 aliphatic heterocycles. The van der Waals surface area contributed by atoms with Crippen molar-refractivity contribution in [2.75, 3.05) is 6.54 Å². The summed E-state index contributed by atoms with van der Waals surface area (Å²) in [5.41, 5.74) is 0.595. The van der Waals surface area contributed by atoms with Crippen LogP contribution in [0.2, 0.25) is 5.02 Å². The van der Waals surface area contributed by atoms with Crippen LogP contribution in [0.25, 0.3) is 0 Å². The van der Waals surface area contributed by atoms with Gasteiger partial charge in [0.05, 0.1) is 11.1 Å². The van der Waals surface area contributed by atoms with Crippen LogP contribution in [-0.4, -0.2) is 18.5 Å². The Balaban J connectivity index is 1.93. The van der Waals surface area contributed by atoms with Gasteiger partial charge in [0.25, 0.3) is 0 Å². The van der Waals surface area contributed by atoms with Crippen LogP contribution in [-0.2, 0) is 11.3 Å². The zero-order chi connectivity index (χ0) is 12.3. The van der Waals surface area contributed by atoms with Gasteiger partial charge in [0.2, 0.25) is 5.91 Å².